The minimum absolute atomic E-state index is 0.0204. The summed E-state index contributed by atoms with van der Waals surface area (Å²) in [6.07, 6.45) is 0.659. The zero-order chi connectivity index (χ0) is 25.2. The van der Waals surface area contributed by atoms with E-state index in [2.05, 4.69) is 10.6 Å². The molecule has 10 nitrogen and oxygen atoms in total. The van der Waals surface area contributed by atoms with Gasteiger partial charge in [0.25, 0.3) is 0 Å². The molecule has 0 radical (unpaired) electrons. The number of hydrogen-bond donors (Lipinski definition) is 3. The third kappa shape index (κ3) is 3.13. The summed E-state index contributed by atoms with van der Waals surface area (Å²) in [5, 5.41) is 15.5. The Morgan fingerprint density at radius 3 is 2.64 bits per heavy atom. The zero-order valence-electron chi connectivity index (χ0n) is 19.6. The summed E-state index contributed by atoms with van der Waals surface area (Å²) in [6.45, 7) is 2.13. The third-order valence-corrected chi connectivity index (χ3v) is 7.73. The Hall–Kier alpha value is -3.92. The molecule has 0 aliphatic carbocycles. The van der Waals surface area contributed by atoms with Crippen molar-refractivity contribution in [3.05, 3.63) is 53.1 Å². The lowest BCUT2D eigenvalue weighted by molar-refractivity contribution is -0.144. The molecular formula is C26H25N3O7. The van der Waals surface area contributed by atoms with Crippen molar-refractivity contribution in [3.8, 4) is 11.5 Å². The highest BCUT2D eigenvalue weighted by Gasteiger charge is 2.70. The summed E-state index contributed by atoms with van der Waals surface area (Å²) < 4.78 is 10.8. The van der Waals surface area contributed by atoms with Crippen LogP contribution in [0.5, 0.6) is 11.5 Å². The number of benzene rings is 2. The second kappa shape index (κ2) is 8.06. The van der Waals surface area contributed by atoms with Gasteiger partial charge in [0.1, 0.15) is 5.54 Å². The Labute approximate surface area is 206 Å². The quantitative estimate of drug-likeness (QED) is 0.521. The molecule has 4 heterocycles. The number of anilines is 1. The molecular weight excluding hydrogens is 466 g/mol. The smallest absolute Gasteiger partial charge is 0.303 e. The van der Waals surface area contributed by atoms with Gasteiger partial charge in [0.2, 0.25) is 24.5 Å². The molecule has 4 aliphatic rings. The van der Waals surface area contributed by atoms with Crippen molar-refractivity contribution < 1.29 is 33.8 Å². The maximum absolute atomic E-state index is 13.9. The number of likely N-dealkylation sites (tertiary alicyclic amines) is 1. The molecule has 4 atom stereocenters. The van der Waals surface area contributed by atoms with Gasteiger partial charge in [-0.05, 0) is 42.2 Å². The van der Waals surface area contributed by atoms with E-state index in [9.17, 15) is 24.3 Å². The van der Waals surface area contributed by atoms with Gasteiger partial charge >= 0.3 is 5.97 Å². The molecule has 10 heteroatoms. The second-order valence-electron chi connectivity index (χ2n) is 9.63. The van der Waals surface area contributed by atoms with E-state index < -0.39 is 47.1 Å². The number of amides is 3. The number of carbonyl (C=O) groups excluding carboxylic acids is 3. The predicted molar refractivity (Wildman–Crippen MR) is 125 cm³/mol. The van der Waals surface area contributed by atoms with E-state index in [4.69, 9.17) is 9.47 Å². The van der Waals surface area contributed by atoms with Gasteiger partial charge in [-0.3, -0.25) is 29.4 Å². The SMILES string of the molecule is CCc1ccc2c(c1)C1(NC(CCC(=O)O)C3C(=O)N(Cc4ccc5c(c4)OCO5)C(=O)C31)C(=O)N2. The summed E-state index contributed by atoms with van der Waals surface area (Å²) in [5.41, 5.74) is 1.47. The molecule has 6 rings (SSSR count). The normalized spacial score (nSPS) is 27.5. The molecule has 2 fully saturated rings. The topological polar surface area (TPSA) is 134 Å². The summed E-state index contributed by atoms with van der Waals surface area (Å²) >= 11 is 0. The van der Waals surface area contributed by atoms with Gasteiger partial charge in [-0.15, -0.1) is 0 Å². The Bertz CT molecular complexity index is 1320. The van der Waals surface area contributed by atoms with E-state index in [0.717, 1.165) is 12.0 Å². The largest absolute Gasteiger partial charge is 0.481 e. The lowest BCUT2D eigenvalue weighted by Gasteiger charge is -2.29. The van der Waals surface area contributed by atoms with Crippen LogP contribution in [0.15, 0.2) is 36.4 Å². The molecule has 2 aromatic rings. The van der Waals surface area contributed by atoms with Crippen LogP contribution < -0.4 is 20.1 Å². The lowest BCUT2D eigenvalue weighted by atomic mass is 9.76. The van der Waals surface area contributed by atoms with E-state index in [1.54, 1.807) is 18.2 Å². The molecule has 0 saturated carbocycles. The van der Waals surface area contributed by atoms with Crippen LogP contribution >= 0.6 is 0 Å². The van der Waals surface area contributed by atoms with Crippen LogP contribution in [-0.4, -0.2) is 46.5 Å². The van der Waals surface area contributed by atoms with Gasteiger partial charge in [0.05, 0.1) is 18.4 Å². The van der Waals surface area contributed by atoms with Crippen LogP contribution in [0.25, 0.3) is 0 Å². The molecule has 186 valence electrons. The number of fused-ring (bicyclic) bond motifs is 5. The number of ether oxygens (including phenoxy) is 2. The van der Waals surface area contributed by atoms with Crippen molar-refractivity contribution in [3.63, 3.8) is 0 Å². The highest BCUT2D eigenvalue weighted by atomic mass is 16.7. The van der Waals surface area contributed by atoms with Gasteiger partial charge in [0.15, 0.2) is 11.5 Å². The number of carbonyl (C=O) groups is 4. The number of nitrogens with one attached hydrogen (secondary N) is 2. The van der Waals surface area contributed by atoms with E-state index >= 15 is 0 Å². The van der Waals surface area contributed by atoms with E-state index in [1.165, 1.54) is 4.90 Å². The second-order valence-corrected chi connectivity index (χ2v) is 9.63. The number of carboxylic acids is 1. The number of aliphatic carboxylic acids is 1. The van der Waals surface area contributed by atoms with Crippen LogP contribution in [0, 0.1) is 11.8 Å². The molecule has 2 aromatic carbocycles. The highest BCUT2D eigenvalue weighted by molar-refractivity contribution is 6.15. The first kappa shape index (κ1) is 22.5. The fourth-order valence-corrected chi connectivity index (χ4v) is 6.03. The van der Waals surface area contributed by atoms with Crippen LogP contribution in [0.2, 0.25) is 0 Å². The van der Waals surface area contributed by atoms with Crippen LogP contribution in [0.1, 0.15) is 36.5 Å². The maximum atomic E-state index is 13.9. The molecule has 4 unspecified atom stereocenters. The summed E-state index contributed by atoms with van der Waals surface area (Å²) in [6, 6.07) is 10.2. The van der Waals surface area contributed by atoms with Gasteiger partial charge in [0, 0.05) is 23.7 Å². The zero-order valence-corrected chi connectivity index (χ0v) is 19.6. The molecule has 2 saturated heterocycles. The number of hydrogen-bond acceptors (Lipinski definition) is 7. The number of rotatable bonds is 6. The summed E-state index contributed by atoms with van der Waals surface area (Å²) in [7, 11) is 0. The minimum atomic E-state index is -1.44. The number of imide groups is 1. The lowest BCUT2D eigenvalue weighted by Crippen LogP contribution is -2.53. The third-order valence-electron chi connectivity index (χ3n) is 7.73. The number of carboxylic acid groups (broad SMARTS) is 1. The van der Waals surface area contributed by atoms with Crippen molar-refractivity contribution in [2.45, 2.75) is 44.3 Å². The van der Waals surface area contributed by atoms with Crippen molar-refractivity contribution in [1.29, 1.82) is 0 Å². The molecule has 3 N–H and O–H groups in total. The average Bonchev–Trinajstić information content (AvgIpc) is 3.59. The van der Waals surface area contributed by atoms with Gasteiger partial charge in [-0.2, -0.15) is 0 Å². The first-order valence-electron chi connectivity index (χ1n) is 12.0. The monoisotopic (exact) mass is 491 g/mol. The fourth-order valence-electron chi connectivity index (χ4n) is 6.03. The summed E-state index contributed by atoms with van der Waals surface area (Å²) in [4.78, 5) is 53.7. The highest BCUT2D eigenvalue weighted by Crippen LogP contribution is 2.54. The molecule has 1 spiro atoms. The Kier molecular flexibility index (Phi) is 5.04. The molecule has 0 aromatic heterocycles. The Morgan fingerprint density at radius 1 is 1.08 bits per heavy atom. The van der Waals surface area contributed by atoms with E-state index in [-0.39, 0.29) is 26.2 Å². The first-order valence-corrected chi connectivity index (χ1v) is 12.0. The number of aryl methyl sites for hydroxylation is 1. The maximum Gasteiger partial charge on any atom is 0.303 e. The Balaban J connectivity index is 1.41. The van der Waals surface area contributed by atoms with Crippen LogP contribution in [0.4, 0.5) is 5.69 Å². The molecule has 3 amide bonds. The van der Waals surface area contributed by atoms with Gasteiger partial charge < -0.3 is 19.9 Å². The van der Waals surface area contributed by atoms with Crippen molar-refractivity contribution >= 4 is 29.4 Å². The van der Waals surface area contributed by atoms with Gasteiger partial charge in [-0.1, -0.05) is 25.1 Å². The predicted octanol–water partition coefficient (Wildman–Crippen LogP) is 1.76. The van der Waals surface area contributed by atoms with Crippen molar-refractivity contribution in [2.24, 2.45) is 11.8 Å². The van der Waals surface area contributed by atoms with Crippen LogP contribution in [-0.2, 0) is 37.7 Å². The number of nitrogens with zero attached hydrogens (tertiary/aromatic N) is 1. The first-order chi connectivity index (χ1) is 17.3. The minimum Gasteiger partial charge on any atom is -0.481 e. The van der Waals surface area contributed by atoms with E-state index in [0.29, 0.717) is 28.3 Å². The molecule has 4 aliphatic heterocycles. The summed E-state index contributed by atoms with van der Waals surface area (Å²) in [5.74, 6) is -2.96. The Morgan fingerprint density at radius 2 is 1.86 bits per heavy atom. The van der Waals surface area contributed by atoms with E-state index in [1.807, 2.05) is 25.1 Å². The standard InChI is InChI=1S/C26H25N3O7/c1-2-13-3-5-16-15(9-13)26(25(34)27-16)22-21(17(28-26)6-8-20(30)31)23(32)29(24(22)33)11-14-4-7-18-19(10-14)36-12-35-18/h3-5,7,9-10,17,21-22,28H,2,6,8,11-12H2,1H3,(H,27,34)(H,30,31). The van der Waals surface area contributed by atoms with Crippen LogP contribution in [0.3, 0.4) is 0 Å². The van der Waals surface area contributed by atoms with Crippen molar-refractivity contribution in [2.75, 3.05) is 12.1 Å². The van der Waals surface area contributed by atoms with Gasteiger partial charge in [-0.25, -0.2) is 0 Å². The fraction of sp³-hybridized carbons (Fsp3) is 0.385. The molecule has 0 bridgehead atoms. The average molecular weight is 492 g/mol. The van der Waals surface area contributed by atoms with Crippen molar-refractivity contribution in [1.82, 2.24) is 10.2 Å². The molecule has 36 heavy (non-hydrogen) atoms.